The number of benzene rings is 1. The molecule has 1 rings (SSSR count). The van der Waals surface area contributed by atoms with E-state index in [0.717, 1.165) is 10.4 Å². The lowest BCUT2D eigenvalue weighted by Gasteiger charge is -2.22. The first kappa shape index (κ1) is 16.6. The number of carbonyl (C=O) groups excluding carboxylic acids is 1. The van der Waals surface area contributed by atoms with E-state index in [-0.39, 0.29) is 17.3 Å². The molecule has 0 saturated heterocycles. The lowest BCUT2D eigenvalue weighted by atomic mass is 10.4. The molecule has 0 spiro atoms. The Morgan fingerprint density at radius 1 is 1.25 bits per heavy atom. The van der Waals surface area contributed by atoms with Gasteiger partial charge in [-0.3, -0.25) is 4.79 Å². The Bertz CT molecular complexity index is 571. The number of hydrogen-bond acceptors (Lipinski definition) is 3. The maximum absolute atomic E-state index is 13.1. The highest BCUT2D eigenvalue weighted by Crippen LogP contribution is 2.15. The van der Waals surface area contributed by atoms with Gasteiger partial charge in [0.1, 0.15) is 5.82 Å². The molecule has 0 bridgehead atoms. The van der Waals surface area contributed by atoms with Gasteiger partial charge < -0.3 is 4.90 Å². The summed E-state index contributed by atoms with van der Waals surface area (Å²) < 4.78 is 38.5. The number of nitrogens with zero attached hydrogens (tertiary/aromatic N) is 2. The molecular formula is C13H19FN2O3S. The van der Waals surface area contributed by atoms with E-state index < -0.39 is 15.8 Å². The largest absolute Gasteiger partial charge is 0.342 e. The third kappa shape index (κ3) is 3.77. The second-order valence-corrected chi connectivity index (χ2v) is 6.33. The molecule has 0 saturated carbocycles. The van der Waals surface area contributed by atoms with Crippen molar-refractivity contribution in [2.24, 2.45) is 0 Å². The third-order valence-corrected chi connectivity index (χ3v) is 4.78. The van der Waals surface area contributed by atoms with Crippen LogP contribution in [0.5, 0.6) is 0 Å². The fraction of sp³-hybridized carbons (Fsp3) is 0.462. The fourth-order valence-corrected chi connectivity index (χ4v) is 2.91. The van der Waals surface area contributed by atoms with Crippen molar-refractivity contribution in [2.45, 2.75) is 18.7 Å². The van der Waals surface area contributed by atoms with E-state index in [1.54, 1.807) is 0 Å². The molecule has 0 aliphatic rings. The molecule has 0 unspecified atom stereocenters. The molecule has 0 N–H and O–H groups in total. The first-order valence-electron chi connectivity index (χ1n) is 6.32. The molecule has 1 aromatic carbocycles. The van der Waals surface area contributed by atoms with Crippen LogP contribution in [0.25, 0.3) is 0 Å². The van der Waals surface area contributed by atoms with Crippen LogP contribution in [-0.4, -0.2) is 50.2 Å². The number of halogens is 1. The van der Waals surface area contributed by atoms with E-state index in [2.05, 4.69) is 0 Å². The highest BCUT2D eigenvalue weighted by molar-refractivity contribution is 7.89. The summed E-state index contributed by atoms with van der Waals surface area (Å²) in [5.41, 5.74) is 0. The second kappa shape index (κ2) is 6.81. The van der Waals surface area contributed by atoms with E-state index >= 15 is 0 Å². The molecular weight excluding hydrogens is 283 g/mol. The highest BCUT2D eigenvalue weighted by atomic mass is 32.2. The van der Waals surface area contributed by atoms with Gasteiger partial charge in [0.25, 0.3) is 0 Å². The van der Waals surface area contributed by atoms with E-state index in [0.29, 0.717) is 13.1 Å². The minimum Gasteiger partial charge on any atom is -0.342 e. The summed E-state index contributed by atoms with van der Waals surface area (Å²) in [5, 5.41) is 0. The van der Waals surface area contributed by atoms with Gasteiger partial charge in [-0.15, -0.1) is 0 Å². The summed E-state index contributed by atoms with van der Waals surface area (Å²) in [7, 11) is -2.55. The highest BCUT2D eigenvalue weighted by Gasteiger charge is 2.24. The van der Waals surface area contributed by atoms with Crippen LogP contribution in [0.3, 0.4) is 0 Å². The van der Waals surface area contributed by atoms with Crippen molar-refractivity contribution < 1.29 is 17.6 Å². The van der Waals surface area contributed by atoms with E-state index in [9.17, 15) is 17.6 Å². The SMILES string of the molecule is CCN(CC)C(=O)CN(C)S(=O)(=O)c1cccc(F)c1. The molecule has 0 heterocycles. The predicted octanol–water partition coefficient (Wildman–Crippen LogP) is 1.31. The van der Waals surface area contributed by atoms with Crippen molar-refractivity contribution in [2.75, 3.05) is 26.7 Å². The normalized spacial score (nSPS) is 11.7. The number of hydrogen-bond donors (Lipinski definition) is 0. The Balaban J connectivity index is 2.91. The molecule has 0 aliphatic heterocycles. The average molecular weight is 302 g/mol. The van der Waals surface area contributed by atoms with Crippen molar-refractivity contribution in [3.05, 3.63) is 30.1 Å². The Kier molecular flexibility index (Phi) is 5.64. The van der Waals surface area contributed by atoms with Crippen LogP contribution in [0.2, 0.25) is 0 Å². The standard InChI is InChI=1S/C13H19FN2O3S/c1-4-16(5-2)13(17)10-15(3)20(18,19)12-8-6-7-11(14)9-12/h6-9H,4-5,10H2,1-3H3. The van der Waals surface area contributed by atoms with Crippen LogP contribution in [0, 0.1) is 5.82 Å². The molecule has 0 fully saturated rings. The molecule has 7 heteroatoms. The van der Waals surface area contributed by atoms with Gasteiger partial charge in [0.15, 0.2) is 0 Å². The summed E-state index contributed by atoms with van der Waals surface area (Å²) in [6.45, 7) is 4.41. The van der Waals surface area contributed by atoms with Gasteiger partial charge in [-0.1, -0.05) is 6.07 Å². The molecule has 0 radical (unpaired) electrons. The van der Waals surface area contributed by atoms with Gasteiger partial charge in [-0.25, -0.2) is 12.8 Å². The second-order valence-electron chi connectivity index (χ2n) is 4.28. The van der Waals surface area contributed by atoms with Gasteiger partial charge in [0.2, 0.25) is 15.9 Å². The number of carbonyl (C=O) groups is 1. The summed E-state index contributed by atoms with van der Waals surface area (Å²) in [5.74, 6) is -0.910. The quantitative estimate of drug-likeness (QED) is 0.796. The van der Waals surface area contributed by atoms with Crippen LogP contribution < -0.4 is 0 Å². The number of rotatable bonds is 6. The maximum Gasteiger partial charge on any atom is 0.243 e. The number of amides is 1. The zero-order valence-corrected chi connectivity index (χ0v) is 12.7. The lowest BCUT2D eigenvalue weighted by molar-refractivity contribution is -0.130. The van der Waals surface area contributed by atoms with Crippen LogP contribution >= 0.6 is 0 Å². The van der Waals surface area contributed by atoms with Crippen molar-refractivity contribution >= 4 is 15.9 Å². The molecule has 112 valence electrons. The summed E-state index contributed by atoms with van der Waals surface area (Å²) in [6.07, 6.45) is 0. The van der Waals surface area contributed by atoms with Crippen molar-refractivity contribution in [3.63, 3.8) is 0 Å². The fourth-order valence-electron chi connectivity index (χ4n) is 1.76. The van der Waals surface area contributed by atoms with Gasteiger partial charge in [-0.05, 0) is 32.0 Å². The van der Waals surface area contributed by atoms with Gasteiger partial charge in [0.05, 0.1) is 11.4 Å². The first-order valence-corrected chi connectivity index (χ1v) is 7.76. The third-order valence-electron chi connectivity index (χ3n) is 2.98. The first-order chi connectivity index (χ1) is 9.32. The van der Waals surface area contributed by atoms with E-state index in [1.165, 1.54) is 30.1 Å². The zero-order chi connectivity index (χ0) is 15.3. The Morgan fingerprint density at radius 3 is 2.35 bits per heavy atom. The van der Waals surface area contributed by atoms with E-state index in [4.69, 9.17) is 0 Å². The summed E-state index contributed by atoms with van der Waals surface area (Å²) in [4.78, 5) is 13.3. The summed E-state index contributed by atoms with van der Waals surface area (Å²) in [6, 6.07) is 4.73. The van der Waals surface area contributed by atoms with Crippen LogP contribution in [0.15, 0.2) is 29.2 Å². The maximum atomic E-state index is 13.1. The van der Waals surface area contributed by atoms with Gasteiger partial charge in [-0.2, -0.15) is 4.31 Å². The van der Waals surface area contributed by atoms with Gasteiger partial charge >= 0.3 is 0 Å². The molecule has 1 aromatic rings. The predicted molar refractivity (Wildman–Crippen MR) is 74.1 cm³/mol. The Morgan fingerprint density at radius 2 is 1.85 bits per heavy atom. The molecule has 0 aliphatic carbocycles. The molecule has 20 heavy (non-hydrogen) atoms. The number of sulfonamides is 1. The molecule has 0 aromatic heterocycles. The average Bonchev–Trinajstić information content (AvgIpc) is 2.40. The lowest BCUT2D eigenvalue weighted by Crippen LogP contribution is -2.40. The van der Waals surface area contributed by atoms with Crippen molar-refractivity contribution in [1.29, 1.82) is 0 Å². The smallest absolute Gasteiger partial charge is 0.243 e. The zero-order valence-electron chi connectivity index (χ0n) is 11.8. The molecule has 5 nitrogen and oxygen atoms in total. The Labute approximate surface area is 119 Å². The van der Waals surface area contributed by atoms with Crippen molar-refractivity contribution in [1.82, 2.24) is 9.21 Å². The number of likely N-dealkylation sites (N-methyl/N-ethyl adjacent to an activating group) is 2. The molecule has 0 atom stereocenters. The monoisotopic (exact) mass is 302 g/mol. The van der Waals surface area contributed by atoms with Gasteiger partial charge in [0, 0.05) is 20.1 Å². The minimum absolute atomic E-state index is 0.160. The van der Waals surface area contributed by atoms with Crippen LogP contribution in [0.4, 0.5) is 4.39 Å². The topological polar surface area (TPSA) is 57.7 Å². The van der Waals surface area contributed by atoms with E-state index in [1.807, 2.05) is 13.8 Å². The summed E-state index contributed by atoms with van der Waals surface area (Å²) >= 11 is 0. The van der Waals surface area contributed by atoms with Crippen LogP contribution in [0.1, 0.15) is 13.8 Å². The minimum atomic E-state index is -3.86. The van der Waals surface area contributed by atoms with Crippen LogP contribution in [-0.2, 0) is 14.8 Å². The molecule has 1 amide bonds. The Hall–Kier alpha value is -1.47. The van der Waals surface area contributed by atoms with Crippen molar-refractivity contribution in [3.8, 4) is 0 Å².